The minimum atomic E-state index is -5.64. The van der Waals surface area contributed by atoms with Crippen molar-refractivity contribution in [3.05, 3.63) is 83.9 Å². The summed E-state index contributed by atoms with van der Waals surface area (Å²) in [6.45, 7) is 6.72. The van der Waals surface area contributed by atoms with Crippen LogP contribution in [0.15, 0.2) is 87.5 Å². The van der Waals surface area contributed by atoms with E-state index < -0.39 is 43.9 Å². The normalized spacial score (nSPS) is 19.4. The largest absolute Gasteiger partial charge is 0.483 e. The summed E-state index contributed by atoms with van der Waals surface area (Å²) < 4.78 is 87.4. The summed E-state index contributed by atoms with van der Waals surface area (Å²) in [4.78, 5) is 2.84. The zero-order chi connectivity index (χ0) is 29.5. The number of halogens is 2. The van der Waals surface area contributed by atoms with Crippen molar-refractivity contribution >= 4 is 21.0 Å². The minimum Gasteiger partial charge on any atom is -0.483 e. The molecule has 41 heavy (non-hydrogen) atoms. The van der Waals surface area contributed by atoms with E-state index in [-0.39, 0.29) is 5.75 Å². The van der Waals surface area contributed by atoms with Gasteiger partial charge >= 0.3 is 15.4 Å². The molecule has 2 fully saturated rings. The van der Waals surface area contributed by atoms with Crippen molar-refractivity contribution < 1.29 is 45.4 Å². The van der Waals surface area contributed by atoms with E-state index >= 15 is 0 Å². The van der Waals surface area contributed by atoms with E-state index in [9.17, 15) is 17.2 Å². The molecule has 220 valence electrons. The fourth-order valence-electron chi connectivity index (χ4n) is 4.69. The van der Waals surface area contributed by atoms with Crippen LogP contribution in [0.25, 0.3) is 0 Å². The molecule has 2 saturated heterocycles. The van der Waals surface area contributed by atoms with Gasteiger partial charge in [-0.3, -0.25) is 4.55 Å². The van der Waals surface area contributed by atoms with Crippen molar-refractivity contribution in [2.45, 2.75) is 58.4 Å². The fourth-order valence-corrected chi connectivity index (χ4v) is 7.20. The number of alkyl halides is 2. The highest BCUT2D eigenvalue weighted by Gasteiger charge is 2.51. The summed E-state index contributed by atoms with van der Waals surface area (Å²) in [5, 5.41) is -4.47. The van der Waals surface area contributed by atoms with Gasteiger partial charge in [-0.2, -0.15) is 17.2 Å². The quantitative estimate of drug-likeness (QED) is 0.252. The highest BCUT2D eigenvalue weighted by atomic mass is 32.2. The van der Waals surface area contributed by atoms with Crippen LogP contribution < -0.4 is 4.74 Å². The first-order valence-corrected chi connectivity index (χ1v) is 15.6. The zero-order valence-corrected chi connectivity index (χ0v) is 24.3. The van der Waals surface area contributed by atoms with E-state index in [2.05, 4.69) is 0 Å². The third-order valence-corrected chi connectivity index (χ3v) is 10.3. The van der Waals surface area contributed by atoms with E-state index in [4.69, 9.17) is 28.2 Å². The van der Waals surface area contributed by atoms with E-state index in [0.29, 0.717) is 26.4 Å². The predicted octanol–water partition coefficient (Wildman–Crippen LogP) is 5.47. The van der Waals surface area contributed by atoms with Crippen LogP contribution in [0, 0.1) is 0 Å². The highest BCUT2D eigenvalue weighted by molar-refractivity contribution is 7.97. The van der Waals surface area contributed by atoms with Crippen molar-refractivity contribution in [1.29, 1.82) is 0 Å². The standard InChI is InChI=1S/C29H30F2O8S2/c1-20(29(30,31)41(32,33)34)39-23-8-14-26(15-9-23)40(24-10-4-21(5-11-24)27(2)35-16-17-36-27)25-12-6-22(7-13-25)28(3)37-18-19-38-28/h4-15,20H,16-19H2,1-3H3/p+1. The number of rotatable bonds is 9. The van der Waals surface area contributed by atoms with Gasteiger partial charge in [0.1, 0.15) is 5.75 Å². The van der Waals surface area contributed by atoms with Crippen LogP contribution in [0.3, 0.4) is 0 Å². The molecular formula is C29H31F2O8S2+. The van der Waals surface area contributed by atoms with E-state index in [0.717, 1.165) is 32.7 Å². The molecule has 12 heteroatoms. The molecule has 8 nitrogen and oxygen atoms in total. The third-order valence-electron chi connectivity index (χ3n) is 7.09. The SMILES string of the molecule is CC(Oc1ccc([S+](c2ccc(C3(C)OCCO3)cc2)c2ccc(C3(C)OCCO3)cc2)cc1)C(F)(F)S(=O)(=O)O. The van der Waals surface area contributed by atoms with E-state index in [1.54, 1.807) is 12.1 Å². The van der Waals surface area contributed by atoms with Crippen LogP contribution in [0.1, 0.15) is 31.9 Å². The van der Waals surface area contributed by atoms with Crippen molar-refractivity contribution in [3.63, 3.8) is 0 Å². The molecule has 2 heterocycles. The van der Waals surface area contributed by atoms with Crippen molar-refractivity contribution in [2.24, 2.45) is 0 Å². The number of ether oxygens (including phenoxy) is 5. The maximum atomic E-state index is 14.0. The van der Waals surface area contributed by atoms with Crippen molar-refractivity contribution in [1.82, 2.24) is 0 Å². The molecule has 0 amide bonds. The molecule has 2 aliphatic heterocycles. The second-order valence-electron chi connectivity index (χ2n) is 9.91. The van der Waals surface area contributed by atoms with E-state index in [1.165, 1.54) is 12.1 Å². The van der Waals surface area contributed by atoms with Gasteiger partial charge in [0.2, 0.25) is 0 Å². The Kier molecular flexibility index (Phi) is 8.20. The van der Waals surface area contributed by atoms with Gasteiger partial charge in [-0.15, -0.1) is 0 Å². The molecule has 0 bridgehead atoms. The lowest BCUT2D eigenvalue weighted by Gasteiger charge is -2.23. The molecule has 0 aromatic heterocycles. The van der Waals surface area contributed by atoms with Crippen LogP contribution in [0.5, 0.6) is 5.75 Å². The lowest BCUT2D eigenvalue weighted by molar-refractivity contribution is -0.150. The topological polar surface area (TPSA) is 101 Å². The third kappa shape index (κ3) is 6.00. The minimum absolute atomic E-state index is 0.0331. The van der Waals surface area contributed by atoms with Crippen LogP contribution >= 0.6 is 0 Å². The van der Waals surface area contributed by atoms with Gasteiger partial charge in [0.05, 0.1) is 37.3 Å². The average Bonchev–Trinajstić information content (AvgIpc) is 3.59. The van der Waals surface area contributed by atoms with Crippen molar-refractivity contribution in [2.75, 3.05) is 26.4 Å². The van der Waals surface area contributed by atoms with Gasteiger partial charge in [0.25, 0.3) is 0 Å². The molecule has 5 rings (SSSR count). The van der Waals surface area contributed by atoms with Gasteiger partial charge in [-0.1, -0.05) is 0 Å². The Balaban J connectivity index is 1.46. The summed E-state index contributed by atoms with van der Waals surface area (Å²) in [5.41, 5.74) is 1.78. The Morgan fingerprint density at radius 1 is 0.756 bits per heavy atom. The number of hydrogen-bond acceptors (Lipinski definition) is 7. The number of hydrogen-bond donors (Lipinski definition) is 1. The first-order chi connectivity index (χ1) is 19.3. The van der Waals surface area contributed by atoms with E-state index in [1.807, 2.05) is 62.4 Å². The summed E-state index contributed by atoms with van der Waals surface area (Å²) in [5.74, 6) is -1.59. The summed E-state index contributed by atoms with van der Waals surface area (Å²) in [7, 11) is -6.25. The molecular weight excluding hydrogens is 578 g/mol. The van der Waals surface area contributed by atoms with Gasteiger partial charge in [-0.05, 0) is 93.6 Å². The molecule has 1 N–H and O–H groups in total. The Morgan fingerprint density at radius 2 is 1.10 bits per heavy atom. The Hall–Kier alpha value is -2.58. The van der Waals surface area contributed by atoms with Gasteiger partial charge in [0, 0.05) is 11.1 Å². The maximum absolute atomic E-state index is 14.0. The lowest BCUT2D eigenvalue weighted by Crippen LogP contribution is -2.42. The van der Waals surface area contributed by atoms with Gasteiger partial charge in [0.15, 0.2) is 32.4 Å². The van der Waals surface area contributed by atoms with Crippen LogP contribution in [0.4, 0.5) is 8.78 Å². The maximum Gasteiger partial charge on any atom is 0.405 e. The predicted molar refractivity (Wildman–Crippen MR) is 147 cm³/mol. The molecule has 0 spiro atoms. The summed E-state index contributed by atoms with van der Waals surface area (Å²) >= 11 is 0. The summed E-state index contributed by atoms with van der Waals surface area (Å²) in [6, 6.07) is 22.4. The highest BCUT2D eigenvalue weighted by Crippen LogP contribution is 2.38. The molecule has 0 aliphatic carbocycles. The van der Waals surface area contributed by atoms with Crippen LogP contribution in [0.2, 0.25) is 0 Å². The number of benzene rings is 3. The molecule has 3 aromatic rings. The van der Waals surface area contributed by atoms with Gasteiger partial charge < -0.3 is 23.7 Å². The molecule has 1 atom stereocenters. The lowest BCUT2D eigenvalue weighted by atomic mass is 10.1. The Morgan fingerprint density at radius 3 is 1.44 bits per heavy atom. The van der Waals surface area contributed by atoms with Crippen molar-refractivity contribution in [3.8, 4) is 5.75 Å². The first kappa shape index (κ1) is 29.9. The molecule has 3 aromatic carbocycles. The zero-order valence-electron chi connectivity index (χ0n) is 22.7. The van der Waals surface area contributed by atoms with Gasteiger partial charge in [-0.25, -0.2) is 0 Å². The first-order valence-electron chi connectivity index (χ1n) is 13.0. The second-order valence-corrected chi connectivity index (χ2v) is 13.4. The molecule has 2 aliphatic rings. The second kappa shape index (κ2) is 11.3. The smallest absolute Gasteiger partial charge is 0.405 e. The van der Waals surface area contributed by atoms with Crippen LogP contribution in [-0.4, -0.2) is 50.8 Å². The average molecular weight is 610 g/mol. The Bertz CT molecular complexity index is 1380. The fraction of sp³-hybridized carbons (Fsp3) is 0.379. The molecule has 0 radical (unpaired) electrons. The summed E-state index contributed by atoms with van der Waals surface area (Å²) in [6.07, 6.45) is -2.11. The Labute approximate surface area is 240 Å². The van der Waals surface area contributed by atoms with Crippen LogP contribution in [-0.2, 0) is 51.5 Å². The molecule has 1 unspecified atom stereocenters. The molecule has 0 saturated carbocycles. The monoisotopic (exact) mass is 609 g/mol.